The van der Waals surface area contributed by atoms with Gasteiger partial charge >= 0.3 is 6.18 Å². The van der Waals surface area contributed by atoms with E-state index in [1.165, 1.54) is 5.56 Å². The van der Waals surface area contributed by atoms with Crippen molar-refractivity contribution in [2.24, 2.45) is 0 Å². The number of rotatable bonds is 2. The lowest BCUT2D eigenvalue weighted by atomic mass is 9.96. The minimum Gasteiger partial charge on any atom is -0.363 e. The monoisotopic (exact) mass is 309 g/mol. The summed E-state index contributed by atoms with van der Waals surface area (Å²) in [5, 5.41) is 7.16. The van der Waals surface area contributed by atoms with Crippen LogP contribution in [0.3, 0.4) is 0 Å². The number of hydrogen-bond donors (Lipinski definition) is 1. The molecule has 0 aliphatic carbocycles. The second-order valence-corrected chi connectivity index (χ2v) is 5.70. The molecule has 1 N–H and O–H groups in total. The third-order valence-corrected chi connectivity index (χ3v) is 4.10. The summed E-state index contributed by atoms with van der Waals surface area (Å²) in [4.78, 5) is 0. The number of hydrogen-bond acceptors (Lipinski definition) is 2. The molecule has 0 amide bonds. The number of alkyl halides is 3. The number of nitrogens with one attached hydrogen (secondary N) is 1. The van der Waals surface area contributed by atoms with Gasteiger partial charge in [0, 0.05) is 12.5 Å². The van der Waals surface area contributed by atoms with Crippen LogP contribution in [0.2, 0.25) is 0 Å². The van der Waals surface area contributed by atoms with Gasteiger partial charge in [-0.15, -0.1) is 0 Å². The van der Waals surface area contributed by atoms with Gasteiger partial charge in [0.2, 0.25) is 0 Å². The van der Waals surface area contributed by atoms with Gasteiger partial charge in [-0.25, -0.2) is 4.68 Å². The largest absolute Gasteiger partial charge is 0.410 e. The first-order valence-electron chi connectivity index (χ1n) is 7.36. The van der Waals surface area contributed by atoms with Crippen LogP contribution >= 0.6 is 0 Å². The summed E-state index contributed by atoms with van der Waals surface area (Å²) in [6.45, 7) is 3.75. The Balaban J connectivity index is 1.95. The number of anilines is 1. The zero-order chi connectivity index (χ0) is 15.9. The molecule has 0 saturated carbocycles. The maximum Gasteiger partial charge on any atom is 0.410 e. The van der Waals surface area contributed by atoms with E-state index in [1.807, 2.05) is 24.3 Å². The Hall–Kier alpha value is -1.98. The van der Waals surface area contributed by atoms with Crippen molar-refractivity contribution in [2.75, 3.05) is 5.32 Å². The highest BCUT2D eigenvalue weighted by Crippen LogP contribution is 2.43. The summed E-state index contributed by atoms with van der Waals surface area (Å²) in [7, 11) is 0. The van der Waals surface area contributed by atoms with Crippen molar-refractivity contribution < 1.29 is 13.2 Å². The molecular weight excluding hydrogens is 291 g/mol. The van der Waals surface area contributed by atoms with Gasteiger partial charge in [-0.1, -0.05) is 31.2 Å². The van der Waals surface area contributed by atoms with Crippen LogP contribution in [0, 0.1) is 6.92 Å². The average Bonchev–Trinajstić information content (AvgIpc) is 2.85. The van der Waals surface area contributed by atoms with Gasteiger partial charge in [-0.05, 0) is 24.5 Å². The third-order valence-electron chi connectivity index (χ3n) is 4.10. The van der Waals surface area contributed by atoms with E-state index in [-0.39, 0.29) is 12.5 Å². The molecule has 2 aromatic rings. The van der Waals surface area contributed by atoms with Crippen molar-refractivity contribution in [1.29, 1.82) is 0 Å². The zero-order valence-electron chi connectivity index (χ0n) is 12.5. The molecule has 0 saturated heterocycles. The first-order chi connectivity index (χ1) is 10.4. The van der Waals surface area contributed by atoms with Gasteiger partial charge in [-0.3, -0.25) is 0 Å². The first kappa shape index (κ1) is 14.9. The van der Waals surface area contributed by atoms with Crippen LogP contribution in [0.4, 0.5) is 19.0 Å². The molecular formula is C16H18F3N3. The lowest BCUT2D eigenvalue weighted by Crippen LogP contribution is -2.35. The second-order valence-electron chi connectivity index (χ2n) is 5.70. The smallest absolute Gasteiger partial charge is 0.363 e. The van der Waals surface area contributed by atoms with E-state index in [0.717, 1.165) is 16.7 Å². The fourth-order valence-corrected chi connectivity index (χ4v) is 2.90. The molecule has 22 heavy (non-hydrogen) atoms. The Morgan fingerprint density at radius 2 is 1.95 bits per heavy atom. The van der Waals surface area contributed by atoms with Gasteiger partial charge in [0.05, 0.1) is 11.7 Å². The molecule has 0 radical (unpaired) electrons. The van der Waals surface area contributed by atoms with E-state index >= 15 is 0 Å². The molecule has 1 aromatic carbocycles. The van der Waals surface area contributed by atoms with Crippen molar-refractivity contribution in [3.05, 3.63) is 47.2 Å². The molecule has 6 heteroatoms. The van der Waals surface area contributed by atoms with Crippen LogP contribution in [0.25, 0.3) is 0 Å². The van der Waals surface area contributed by atoms with E-state index in [9.17, 15) is 13.2 Å². The van der Waals surface area contributed by atoms with Crippen LogP contribution in [-0.4, -0.2) is 16.0 Å². The number of halogens is 3. The summed E-state index contributed by atoms with van der Waals surface area (Å²) < 4.78 is 41.1. The van der Waals surface area contributed by atoms with Crippen molar-refractivity contribution >= 4 is 5.82 Å². The highest BCUT2D eigenvalue weighted by Gasteiger charge is 2.46. The lowest BCUT2D eigenvalue weighted by Gasteiger charge is -2.33. The highest BCUT2D eigenvalue weighted by molar-refractivity contribution is 5.43. The highest BCUT2D eigenvalue weighted by atomic mass is 19.4. The van der Waals surface area contributed by atoms with E-state index < -0.39 is 12.2 Å². The number of aromatic nitrogens is 2. The van der Waals surface area contributed by atoms with Gasteiger partial charge in [0.1, 0.15) is 5.82 Å². The average molecular weight is 309 g/mol. The Bertz CT molecular complexity index is 658. The number of nitrogens with zero attached hydrogens (tertiary/aromatic N) is 2. The summed E-state index contributed by atoms with van der Waals surface area (Å²) in [6.07, 6.45) is -3.45. The molecule has 0 unspecified atom stereocenters. The Labute approximate surface area is 127 Å². The summed E-state index contributed by atoms with van der Waals surface area (Å²) >= 11 is 0. The van der Waals surface area contributed by atoms with Crippen LogP contribution in [0.5, 0.6) is 0 Å². The van der Waals surface area contributed by atoms with Crippen molar-refractivity contribution in [3.8, 4) is 0 Å². The van der Waals surface area contributed by atoms with E-state index in [1.54, 1.807) is 13.0 Å². The van der Waals surface area contributed by atoms with E-state index in [0.29, 0.717) is 11.5 Å². The minimum atomic E-state index is -4.31. The first-order valence-corrected chi connectivity index (χ1v) is 7.36. The third kappa shape index (κ3) is 2.69. The molecule has 0 fully saturated rings. The summed E-state index contributed by atoms with van der Waals surface area (Å²) in [5.41, 5.74) is 2.63. The fourth-order valence-electron chi connectivity index (χ4n) is 2.90. The van der Waals surface area contributed by atoms with Crippen LogP contribution < -0.4 is 5.32 Å². The van der Waals surface area contributed by atoms with Gasteiger partial charge in [0.15, 0.2) is 6.04 Å². The molecule has 2 atom stereocenters. The molecule has 2 heterocycles. The van der Waals surface area contributed by atoms with Gasteiger partial charge in [0.25, 0.3) is 0 Å². The van der Waals surface area contributed by atoms with Gasteiger partial charge < -0.3 is 5.32 Å². The van der Waals surface area contributed by atoms with E-state index in [2.05, 4.69) is 17.3 Å². The second kappa shape index (κ2) is 5.34. The lowest BCUT2D eigenvalue weighted by molar-refractivity contribution is -0.173. The molecule has 3 rings (SSSR count). The number of aryl methyl sites for hydroxylation is 2. The molecule has 0 spiro atoms. The summed E-state index contributed by atoms with van der Waals surface area (Å²) in [6, 6.07) is 7.46. The van der Waals surface area contributed by atoms with E-state index in [4.69, 9.17) is 0 Å². The molecule has 1 aromatic heterocycles. The molecule has 0 bridgehead atoms. The quantitative estimate of drug-likeness (QED) is 0.890. The SMILES string of the molecule is CCc1ccc([C@@H]2C[C@@H](C(F)(F)F)n3nc(C)cc3N2)cc1. The number of fused-ring (bicyclic) bond motifs is 1. The molecule has 3 nitrogen and oxygen atoms in total. The number of benzene rings is 1. The van der Waals surface area contributed by atoms with Crippen LogP contribution in [0.15, 0.2) is 30.3 Å². The maximum absolute atomic E-state index is 13.3. The Morgan fingerprint density at radius 1 is 1.27 bits per heavy atom. The normalized spacial score (nSPS) is 21.3. The van der Waals surface area contributed by atoms with Gasteiger partial charge in [-0.2, -0.15) is 18.3 Å². The molecule has 1 aliphatic rings. The predicted octanol–water partition coefficient (Wildman–Crippen LogP) is 4.41. The van der Waals surface area contributed by atoms with Crippen molar-refractivity contribution in [1.82, 2.24) is 9.78 Å². The molecule has 118 valence electrons. The Morgan fingerprint density at radius 3 is 2.55 bits per heavy atom. The van der Waals surface area contributed by atoms with Crippen molar-refractivity contribution in [2.45, 2.75) is 44.9 Å². The van der Waals surface area contributed by atoms with Crippen LogP contribution in [0.1, 0.15) is 42.2 Å². The summed E-state index contributed by atoms with van der Waals surface area (Å²) in [5.74, 6) is 0.427. The standard InChI is InChI=1S/C16H18F3N3/c1-3-11-4-6-12(7-5-11)13-9-14(16(17,18)19)22-15(20-13)8-10(2)21-22/h4-8,13-14,20H,3,9H2,1-2H3/t13-,14-/m0/s1. The topological polar surface area (TPSA) is 29.9 Å². The fraction of sp³-hybridized carbons (Fsp3) is 0.438. The van der Waals surface area contributed by atoms with Crippen molar-refractivity contribution in [3.63, 3.8) is 0 Å². The van der Waals surface area contributed by atoms with Crippen LogP contribution in [-0.2, 0) is 6.42 Å². The Kier molecular flexibility index (Phi) is 3.62. The maximum atomic E-state index is 13.3. The molecule has 1 aliphatic heterocycles. The predicted molar refractivity (Wildman–Crippen MR) is 78.9 cm³/mol. The zero-order valence-corrected chi connectivity index (χ0v) is 12.5. The minimum absolute atomic E-state index is 0.0525.